The smallest absolute Gasteiger partial charge is 0.220 e. The lowest BCUT2D eigenvalue weighted by Gasteiger charge is -2.21. The Morgan fingerprint density at radius 1 is 1.41 bits per heavy atom. The summed E-state index contributed by atoms with van der Waals surface area (Å²) in [6.45, 7) is 2.00. The first-order valence-electron chi connectivity index (χ1n) is 6.80. The van der Waals surface area contributed by atoms with Gasteiger partial charge in [0, 0.05) is 19.0 Å². The van der Waals surface area contributed by atoms with Crippen LogP contribution in [0.15, 0.2) is 0 Å². The van der Waals surface area contributed by atoms with Gasteiger partial charge in [0.2, 0.25) is 5.91 Å². The zero-order valence-corrected chi connectivity index (χ0v) is 10.8. The standard InChI is InChI=1S/C13H26N2O2/c1-10(16)12(14)9-15-13(17)8-7-11-5-3-2-4-6-11/h10-12,16H,2-9,14H2,1H3,(H,15,17). The van der Waals surface area contributed by atoms with Crippen LogP contribution in [-0.4, -0.2) is 29.7 Å². The molecule has 0 bridgehead atoms. The Bertz CT molecular complexity index is 225. The van der Waals surface area contributed by atoms with E-state index in [1.165, 1.54) is 32.1 Å². The zero-order valence-electron chi connectivity index (χ0n) is 10.8. The lowest BCUT2D eigenvalue weighted by Crippen LogP contribution is -2.43. The summed E-state index contributed by atoms with van der Waals surface area (Å²) in [6.07, 6.45) is 7.56. The molecule has 100 valence electrons. The van der Waals surface area contributed by atoms with E-state index in [1.54, 1.807) is 6.92 Å². The van der Waals surface area contributed by atoms with E-state index in [0.717, 1.165) is 12.3 Å². The zero-order chi connectivity index (χ0) is 12.7. The van der Waals surface area contributed by atoms with Crippen molar-refractivity contribution in [1.29, 1.82) is 0 Å². The minimum atomic E-state index is -0.575. The molecule has 0 aromatic rings. The van der Waals surface area contributed by atoms with Crippen molar-refractivity contribution in [3.8, 4) is 0 Å². The summed E-state index contributed by atoms with van der Waals surface area (Å²) in [4.78, 5) is 11.6. The van der Waals surface area contributed by atoms with Crippen LogP contribution in [0.5, 0.6) is 0 Å². The maximum Gasteiger partial charge on any atom is 0.220 e. The van der Waals surface area contributed by atoms with Crippen molar-refractivity contribution in [3.63, 3.8) is 0 Å². The molecule has 0 aromatic carbocycles. The van der Waals surface area contributed by atoms with E-state index in [4.69, 9.17) is 5.73 Å². The Hall–Kier alpha value is -0.610. The highest BCUT2D eigenvalue weighted by Gasteiger charge is 2.15. The summed E-state index contributed by atoms with van der Waals surface area (Å²) in [5.41, 5.74) is 5.64. The Kier molecular flexibility index (Phi) is 6.52. The molecule has 1 aliphatic carbocycles. The molecule has 4 nitrogen and oxygen atoms in total. The van der Waals surface area contributed by atoms with Crippen LogP contribution in [0.25, 0.3) is 0 Å². The van der Waals surface area contributed by atoms with Crippen LogP contribution >= 0.6 is 0 Å². The molecule has 4 heteroatoms. The molecule has 17 heavy (non-hydrogen) atoms. The third-order valence-corrected chi connectivity index (χ3v) is 3.66. The van der Waals surface area contributed by atoms with Crippen LogP contribution in [0, 0.1) is 5.92 Å². The van der Waals surface area contributed by atoms with Crippen LogP contribution in [0.2, 0.25) is 0 Å². The van der Waals surface area contributed by atoms with Crippen LogP contribution in [0.3, 0.4) is 0 Å². The van der Waals surface area contributed by atoms with E-state index >= 15 is 0 Å². The van der Waals surface area contributed by atoms with Crippen LogP contribution < -0.4 is 11.1 Å². The molecule has 4 N–H and O–H groups in total. The average Bonchev–Trinajstić information content (AvgIpc) is 2.34. The molecule has 0 radical (unpaired) electrons. The number of hydrogen-bond acceptors (Lipinski definition) is 3. The topological polar surface area (TPSA) is 75.3 Å². The SMILES string of the molecule is CC(O)C(N)CNC(=O)CCC1CCCCC1. The Balaban J connectivity index is 2.08. The fraction of sp³-hybridized carbons (Fsp3) is 0.923. The van der Waals surface area contributed by atoms with Gasteiger partial charge >= 0.3 is 0 Å². The molecule has 1 aliphatic rings. The number of nitrogens with two attached hydrogens (primary N) is 1. The number of carbonyl (C=O) groups is 1. The average molecular weight is 242 g/mol. The van der Waals surface area contributed by atoms with Gasteiger partial charge in [-0.25, -0.2) is 0 Å². The Morgan fingerprint density at radius 2 is 2.06 bits per heavy atom. The fourth-order valence-electron chi connectivity index (χ4n) is 2.30. The van der Waals surface area contributed by atoms with Crippen molar-refractivity contribution in [2.75, 3.05) is 6.54 Å². The number of hydrogen-bond donors (Lipinski definition) is 3. The largest absolute Gasteiger partial charge is 0.392 e. The highest BCUT2D eigenvalue weighted by Crippen LogP contribution is 2.27. The lowest BCUT2D eigenvalue weighted by atomic mass is 9.86. The maximum absolute atomic E-state index is 11.6. The normalized spacial score (nSPS) is 20.9. The van der Waals surface area contributed by atoms with E-state index in [9.17, 15) is 9.90 Å². The van der Waals surface area contributed by atoms with E-state index in [1.807, 2.05) is 0 Å². The van der Waals surface area contributed by atoms with E-state index in [2.05, 4.69) is 5.32 Å². The van der Waals surface area contributed by atoms with E-state index < -0.39 is 6.10 Å². The number of rotatable bonds is 6. The van der Waals surface area contributed by atoms with Crippen molar-refractivity contribution < 1.29 is 9.90 Å². The van der Waals surface area contributed by atoms with Gasteiger partial charge < -0.3 is 16.2 Å². The Labute approximate surface area is 104 Å². The van der Waals surface area contributed by atoms with Crippen molar-refractivity contribution >= 4 is 5.91 Å². The maximum atomic E-state index is 11.6. The van der Waals surface area contributed by atoms with Crippen molar-refractivity contribution in [2.45, 2.75) is 64.0 Å². The third kappa shape index (κ3) is 6.03. The van der Waals surface area contributed by atoms with Gasteiger partial charge in [-0.2, -0.15) is 0 Å². The van der Waals surface area contributed by atoms with Gasteiger partial charge in [0.25, 0.3) is 0 Å². The van der Waals surface area contributed by atoms with Gasteiger partial charge in [-0.15, -0.1) is 0 Å². The van der Waals surface area contributed by atoms with Crippen LogP contribution in [0.4, 0.5) is 0 Å². The minimum absolute atomic E-state index is 0.0617. The molecule has 2 atom stereocenters. The molecular formula is C13H26N2O2. The van der Waals surface area contributed by atoms with Gasteiger partial charge in [-0.1, -0.05) is 32.1 Å². The minimum Gasteiger partial charge on any atom is -0.392 e. The van der Waals surface area contributed by atoms with E-state index in [-0.39, 0.29) is 11.9 Å². The second-order valence-electron chi connectivity index (χ2n) is 5.25. The van der Waals surface area contributed by atoms with Gasteiger partial charge in [0.15, 0.2) is 0 Å². The van der Waals surface area contributed by atoms with Crippen LogP contribution in [0.1, 0.15) is 51.9 Å². The van der Waals surface area contributed by atoms with Gasteiger partial charge in [-0.3, -0.25) is 4.79 Å². The lowest BCUT2D eigenvalue weighted by molar-refractivity contribution is -0.121. The van der Waals surface area contributed by atoms with Crippen LogP contribution in [-0.2, 0) is 4.79 Å². The van der Waals surface area contributed by atoms with Gasteiger partial charge in [0.05, 0.1) is 6.10 Å². The first-order chi connectivity index (χ1) is 8.09. The number of amides is 1. The third-order valence-electron chi connectivity index (χ3n) is 3.66. The number of aliphatic hydroxyl groups excluding tert-OH is 1. The van der Waals surface area contributed by atoms with Crippen molar-refractivity contribution in [1.82, 2.24) is 5.32 Å². The number of aliphatic hydroxyl groups is 1. The van der Waals surface area contributed by atoms with Gasteiger partial charge in [0.1, 0.15) is 0 Å². The fourth-order valence-corrected chi connectivity index (χ4v) is 2.30. The number of nitrogens with one attached hydrogen (secondary N) is 1. The summed E-state index contributed by atoms with van der Waals surface area (Å²) in [5, 5.41) is 12.0. The number of carbonyl (C=O) groups excluding carboxylic acids is 1. The predicted molar refractivity (Wildman–Crippen MR) is 68.5 cm³/mol. The molecule has 1 amide bonds. The summed E-state index contributed by atoms with van der Waals surface area (Å²) < 4.78 is 0. The molecule has 1 fully saturated rings. The quantitative estimate of drug-likeness (QED) is 0.654. The first kappa shape index (κ1) is 14.5. The predicted octanol–water partition coefficient (Wildman–Crippen LogP) is 1.17. The van der Waals surface area contributed by atoms with Gasteiger partial charge in [-0.05, 0) is 19.3 Å². The molecular weight excluding hydrogens is 216 g/mol. The highest BCUT2D eigenvalue weighted by atomic mass is 16.3. The molecule has 0 saturated heterocycles. The molecule has 1 saturated carbocycles. The van der Waals surface area contributed by atoms with Crippen molar-refractivity contribution in [3.05, 3.63) is 0 Å². The molecule has 0 aliphatic heterocycles. The molecule has 0 aromatic heterocycles. The second kappa shape index (κ2) is 7.67. The summed E-state index contributed by atoms with van der Waals surface area (Å²) in [6, 6.07) is -0.367. The first-order valence-corrected chi connectivity index (χ1v) is 6.80. The molecule has 0 spiro atoms. The highest BCUT2D eigenvalue weighted by molar-refractivity contribution is 5.75. The molecule has 0 heterocycles. The summed E-state index contributed by atoms with van der Waals surface area (Å²) in [7, 11) is 0. The molecule has 1 rings (SSSR count). The van der Waals surface area contributed by atoms with Crippen molar-refractivity contribution in [2.24, 2.45) is 11.7 Å². The summed E-state index contributed by atoms with van der Waals surface area (Å²) >= 11 is 0. The Morgan fingerprint density at radius 3 is 2.65 bits per heavy atom. The van der Waals surface area contributed by atoms with E-state index in [0.29, 0.717) is 13.0 Å². The molecule has 2 unspecified atom stereocenters. The summed E-state index contributed by atoms with van der Waals surface area (Å²) in [5.74, 6) is 0.798. The second-order valence-corrected chi connectivity index (χ2v) is 5.25. The monoisotopic (exact) mass is 242 g/mol.